The number of esters is 1. The molecule has 0 atom stereocenters. The Bertz CT molecular complexity index is 391. The number of benzene rings is 1. The van der Waals surface area contributed by atoms with E-state index in [0.29, 0.717) is 6.61 Å². The molecule has 0 amide bonds. The second-order valence-electron chi connectivity index (χ2n) is 4.31. The molecule has 0 N–H and O–H groups in total. The summed E-state index contributed by atoms with van der Waals surface area (Å²) >= 11 is 0. The van der Waals surface area contributed by atoms with E-state index >= 15 is 0 Å². The third-order valence-corrected chi connectivity index (χ3v) is 3.33. The largest absolute Gasteiger partial charge is 0.465 e. The summed E-state index contributed by atoms with van der Waals surface area (Å²) in [5.41, 5.74) is 2.13. The van der Waals surface area contributed by atoms with Crippen molar-refractivity contribution in [2.75, 3.05) is 6.61 Å². The van der Waals surface area contributed by atoms with Crippen molar-refractivity contribution in [3.05, 3.63) is 35.4 Å². The molecule has 1 aliphatic rings. The molecule has 16 heavy (non-hydrogen) atoms. The highest BCUT2D eigenvalue weighted by Gasteiger charge is 2.53. The minimum Gasteiger partial charge on any atom is -0.465 e. The number of carbonyl (C=O) groups excluding carboxylic acids is 1. The average molecular weight is 218 g/mol. The molecule has 2 nitrogen and oxygen atoms in total. The summed E-state index contributed by atoms with van der Waals surface area (Å²) in [4.78, 5) is 12.0. The molecule has 2 rings (SSSR count). The molecule has 0 spiro atoms. The van der Waals surface area contributed by atoms with Gasteiger partial charge in [-0.3, -0.25) is 4.79 Å². The quantitative estimate of drug-likeness (QED) is 0.726. The van der Waals surface area contributed by atoms with Crippen molar-refractivity contribution in [1.29, 1.82) is 0 Å². The second-order valence-corrected chi connectivity index (χ2v) is 4.31. The van der Waals surface area contributed by atoms with Gasteiger partial charge in [0.2, 0.25) is 0 Å². The van der Waals surface area contributed by atoms with E-state index in [2.05, 4.69) is 19.1 Å². The lowest BCUT2D eigenvalue weighted by atomic mass is 9.90. The lowest BCUT2D eigenvalue weighted by molar-refractivity contribution is -0.146. The van der Waals surface area contributed by atoms with Crippen molar-refractivity contribution in [3.63, 3.8) is 0 Å². The highest BCUT2D eigenvalue weighted by Crippen LogP contribution is 2.50. The van der Waals surface area contributed by atoms with E-state index in [1.54, 1.807) is 0 Å². The highest BCUT2D eigenvalue weighted by atomic mass is 16.5. The summed E-state index contributed by atoms with van der Waals surface area (Å²) < 4.78 is 5.18. The van der Waals surface area contributed by atoms with Crippen molar-refractivity contribution in [2.24, 2.45) is 0 Å². The Morgan fingerprint density at radius 2 is 2.00 bits per heavy atom. The first-order chi connectivity index (χ1) is 7.74. The predicted octanol–water partition coefficient (Wildman–Crippen LogP) is 2.84. The topological polar surface area (TPSA) is 26.3 Å². The van der Waals surface area contributed by atoms with Crippen molar-refractivity contribution in [2.45, 2.75) is 38.5 Å². The molecule has 0 heterocycles. The fourth-order valence-electron chi connectivity index (χ4n) is 2.27. The smallest absolute Gasteiger partial charge is 0.316 e. The molecule has 0 saturated heterocycles. The molecule has 2 heteroatoms. The summed E-state index contributed by atoms with van der Waals surface area (Å²) in [7, 11) is 0. The van der Waals surface area contributed by atoms with Crippen molar-refractivity contribution in [1.82, 2.24) is 0 Å². The fraction of sp³-hybridized carbons (Fsp3) is 0.500. The Labute approximate surface area is 96.6 Å². The molecule has 1 fully saturated rings. The number of hydrogen-bond acceptors (Lipinski definition) is 2. The molecular weight excluding hydrogens is 200 g/mol. The van der Waals surface area contributed by atoms with Gasteiger partial charge in [-0.1, -0.05) is 31.2 Å². The van der Waals surface area contributed by atoms with Gasteiger partial charge in [0.05, 0.1) is 12.0 Å². The third kappa shape index (κ3) is 1.73. The maximum Gasteiger partial charge on any atom is 0.316 e. The molecule has 0 bridgehead atoms. The van der Waals surface area contributed by atoms with Gasteiger partial charge >= 0.3 is 5.97 Å². The lowest BCUT2D eigenvalue weighted by Crippen LogP contribution is -2.24. The maximum absolute atomic E-state index is 12.0. The van der Waals surface area contributed by atoms with Gasteiger partial charge in [-0.05, 0) is 37.3 Å². The van der Waals surface area contributed by atoms with E-state index in [4.69, 9.17) is 4.74 Å². The van der Waals surface area contributed by atoms with Crippen LogP contribution in [0, 0.1) is 0 Å². The molecule has 0 aromatic heterocycles. The zero-order chi connectivity index (χ0) is 11.6. The second kappa shape index (κ2) is 4.28. The first-order valence-electron chi connectivity index (χ1n) is 6.00. The first-order valence-corrected chi connectivity index (χ1v) is 6.00. The minimum absolute atomic E-state index is 0.0455. The molecule has 1 aliphatic carbocycles. The fourth-order valence-corrected chi connectivity index (χ4v) is 2.27. The summed E-state index contributed by atoms with van der Waals surface area (Å²) in [5.74, 6) is -0.0455. The van der Waals surface area contributed by atoms with E-state index < -0.39 is 0 Å². The van der Waals surface area contributed by atoms with E-state index in [1.807, 2.05) is 19.1 Å². The van der Waals surface area contributed by atoms with Gasteiger partial charge < -0.3 is 4.74 Å². The Hall–Kier alpha value is -1.31. The van der Waals surface area contributed by atoms with Crippen LogP contribution < -0.4 is 0 Å². The first kappa shape index (κ1) is 11.2. The van der Waals surface area contributed by atoms with E-state index in [1.165, 1.54) is 11.1 Å². The molecule has 86 valence electrons. The van der Waals surface area contributed by atoms with Gasteiger partial charge in [0.15, 0.2) is 0 Å². The van der Waals surface area contributed by atoms with Gasteiger partial charge in [-0.25, -0.2) is 0 Å². The molecule has 1 saturated carbocycles. The van der Waals surface area contributed by atoms with Crippen LogP contribution in [0.15, 0.2) is 24.3 Å². The van der Waals surface area contributed by atoms with Crippen LogP contribution in [0.2, 0.25) is 0 Å². The SMILES string of the molecule is CCOC(=O)C1(c2ccccc2CC)CC1. The zero-order valence-corrected chi connectivity index (χ0v) is 9.95. The predicted molar refractivity (Wildman–Crippen MR) is 63.4 cm³/mol. The van der Waals surface area contributed by atoms with Gasteiger partial charge in [0, 0.05) is 0 Å². The minimum atomic E-state index is -0.317. The molecular formula is C14H18O2. The number of carbonyl (C=O) groups is 1. The van der Waals surface area contributed by atoms with Crippen LogP contribution in [0.5, 0.6) is 0 Å². The molecule has 1 aromatic rings. The Kier molecular flexibility index (Phi) is 2.99. The van der Waals surface area contributed by atoms with Crippen molar-refractivity contribution >= 4 is 5.97 Å². The molecule has 0 aliphatic heterocycles. The molecule has 0 unspecified atom stereocenters. The van der Waals surface area contributed by atoms with Crippen LogP contribution in [-0.2, 0) is 21.4 Å². The average Bonchev–Trinajstić information content (AvgIpc) is 3.10. The maximum atomic E-state index is 12.0. The van der Waals surface area contributed by atoms with Crippen molar-refractivity contribution in [3.8, 4) is 0 Å². The number of aryl methyl sites for hydroxylation is 1. The van der Waals surface area contributed by atoms with E-state index in [-0.39, 0.29) is 11.4 Å². The molecule has 1 aromatic carbocycles. The van der Waals surface area contributed by atoms with Crippen LogP contribution in [0.3, 0.4) is 0 Å². The van der Waals surface area contributed by atoms with Crippen LogP contribution in [0.25, 0.3) is 0 Å². The summed E-state index contributed by atoms with van der Waals surface area (Å²) in [6, 6.07) is 8.22. The normalized spacial score (nSPS) is 16.9. The standard InChI is InChI=1S/C14H18O2/c1-3-11-7-5-6-8-12(11)14(9-10-14)13(15)16-4-2/h5-8H,3-4,9-10H2,1-2H3. The van der Waals surface area contributed by atoms with Crippen LogP contribution >= 0.6 is 0 Å². The van der Waals surface area contributed by atoms with Gasteiger partial charge in [-0.15, -0.1) is 0 Å². The highest BCUT2D eigenvalue weighted by molar-refractivity contribution is 5.87. The van der Waals surface area contributed by atoms with Crippen LogP contribution in [0.1, 0.15) is 37.8 Å². The molecule has 0 radical (unpaired) electrons. The summed E-state index contributed by atoms with van der Waals surface area (Å²) in [6.07, 6.45) is 2.84. The van der Waals surface area contributed by atoms with Gasteiger partial charge in [-0.2, -0.15) is 0 Å². The monoisotopic (exact) mass is 218 g/mol. The van der Waals surface area contributed by atoms with Gasteiger partial charge in [0.25, 0.3) is 0 Å². The lowest BCUT2D eigenvalue weighted by Gasteiger charge is -2.17. The van der Waals surface area contributed by atoms with E-state index in [9.17, 15) is 4.79 Å². The van der Waals surface area contributed by atoms with Crippen LogP contribution in [0.4, 0.5) is 0 Å². The Morgan fingerprint density at radius 3 is 2.56 bits per heavy atom. The Balaban J connectivity index is 2.33. The number of ether oxygens (including phenoxy) is 1. The van der Waals surface area contributed by atoms with E-state index in [0.717, 1.165) is 19.3 Å². The number of rotatable bonds is 4. The van der Waals surface area contributed by atoms with Crippen molar-refractivity contribution < 1.29 is 9.53 Å². The van der Waals surface area contributed by atoms with Crippen LogP contribution in [-0.4, -0.2) is 12.6 Å². The number of hydrogen-bond donors (Lipinski definition) is 0. The Morgan fingerprint density at radius 1 is 1.31 bits per heavy atom. The third-order valence-electron chi connectivity index (χ3n) is 3.33. The summed E-state index contributed by atoms with van der Waals surface area (Å²) in [5, 5.41) is 0. The zero-order valence-electron chi connectivity index (χ0n) is 9.95. The van der Waals surface area contributed by atoms with Gasteiger partial charge in [0.1, 0.15) is 0 Å². The summed E-state index contributed by atoms with van der Waals surface area (Å²) in [6.45, 7) is 4.45.